The number of rotatable bonds is 8. The SMILES string of the molecule is CCOC(=O)CC1CCC(c2cc(-c3ccc(F)cc3C)c(N(C)C(=O)C(C)(C)c3cc(C(F)(F)F)cc(C(F)(F)F)c3)cn2)CC1. The van der Waals surface area contributed by atoms with Crippen molar-refractivity contribution in [3.8, 4) is 11.1 Å². The van der Waals surface area contributed by atoms with E-state index in [1.807, 2.05) is 0 Å². The van der Waals surface area contributed by atoms with Crippen molar-refractivity contribution >= 4 is 17.6 Å². The molecule has 0 radical (unpaired) electrons. The van der Waals surface area contributed by atoms with Gasteiger partial charge in [0, 0.05) is 30.6 Å². The average molecular weight is 667 g/mol. The van der Waals surface area contributed by atoms with Crippen molar-refractivity contribution in [3.05, 3.63) is 82.4 Å². The van der Waals surface area contributed by atoms with Crippen LogP contribution in [-0.4, -0.2) is 30.5 Å². The maximum atomic E-state index is 14.1. The quantitative estimate of drug-likeness (QED) is 0.178. The second kappa shape index (κ2) is 13.6. The molecule has 4 rings (SSSR count). The van der Waals surface area contributed by atoms with Crippen molar-refractivity contribution in [3.63, 3.8) is 0 Å². The van der Waals surface area contributed by atoms with E-state index in [1.54, 1.807) is 26.0 Å². The number of carbonyl (C=O) groups excluding carboxylic acids is 2. The van der Waals surface area contributed by atoms with E-state index >= 15 is 0 Å². The van der Waals surface area contributed by atoms with Crippen molar-refractivity contribution in [1.29, 1.82) is 0 Å². The van der Waals surface area contributed by atoms with E-state index in [0.29, 0.717) is 41.9 Å². The number of carbonyl (C=O) groups is 2. The number of amides is 1. The molecule has 1 saturated carbocycles. The maximum Gasteiger partial charge on any atom is 0.416 e. The van der Waals surface area contributed by atoms with Crippen LogP contribution in [0, 0.1) is 18.7 Å². The number of nitrogens with zero attached hydrogens (tertiary/aromatic N) is 2. The summed E-state index contributed by atoms with van der Waals surface area (Å²) < 4.78 is 101. The van der Waals surface area contributed by atoms with Crippen molar-refractivity contribution in [2.24, 2.45) is 5.92 Å². The molecule has 0 N–H and O–H groups in total. The average Bonchev–Trinajstić information content (AvgIpc) is 2.99. The molecular formula is C35H37F7N2O3. The number of halogens is 7. The lowest BCUT2D eigenvalue weighted by atomic mass is 9.78. The lowest BCUT2D eigenvalue weighted by molar-refractivity contribution is -0.145. The van der Waals surface area contributed by atoms with Gasteiger partial charge in [-0.3, -0.25) is 14.6 Å². The fourth-order valence-electron chi connectivity index (χ4n) is 6.19. The van der Waals surface area contributed by atoms with Gasteiger partial charge in [0.05, 0.1) is 35.0 Å². The number of hydrogen-bond acceptors (Lipinski definition) is 4. The van der Waals surface area contributed by atoms with Crippen LogP contribution in [0.4, 0.5) is 36.4 Å². The van der Waals surface area contributed by atoms with Crippen LogP contribution >= 0.6 is 0 Å². The van der Waals surface area contributed by atoms with Crippen LogP contribution in [0.3, 0.4) is 0 Å². The molecule has 0 atom stereocenters. The van der Waals surface area contributed by atoms with E-state index in [4.69, 9.17) is 4.74 Å². The molecule has 0 aliphatic heterocycles. The number of aromatic nitrogens is 1. The lowest BCUT2D eigenvalue weighted by Gasteiger charge is -2.32. The number of pyridine rings is 1. The summed E-state index contributed by atoms with van der Waals surface area (Å²) in [6.45, 7) is 6.29. The molecule has 0 saturated heterocycles. The minimum atomic E-state index is -5.08. The second-order valence-electron chi connectivity index (χ2n) is 12.6. The third kappa shape index (κ3) is 8.13. The molecule has 1 aliphatic carbocycles. The highest BCUT2D eigenvalue weighted by Gasteiger charge is 2.41. The van der Waals surface area contributed by atoms with E-state index in [9.17, 15) is 40.3 Å². The van der Waals surface area contributed by atoms with E-state index in [-0.39, 0.29) is 29.6 Å². The van der Waals surface area contributed by atoms with Crippen molar-refractivity contribution in [1.82, 2.24) is 4.98 Å². The van der Waals surface area contributed by atoms with E-state index in [2.05, 4.69) is 4.98 Å². The summed E-state index contributed by atoms with van der Waals surface area (Å²) in [5, 5.41) is 0. The number of anilines is 1. The van der Waals surface area contributed by atoms with Gasteiger partial charge in [-0.2, -0.15) is 26.3 Å². The Labute approximate surface area is 269 Å². The molecule has 12 heteroatoms. The number of hydrogen-bond donors (Lipinski definition) is 0. The molecule has 2 aromatic carbocycles. The Balaban J connectivity index is 1.72. The molecule has 1 aromatic heterocycles. The second-order valence-corrected chi connectivity index (χ2v) is 12.6. The van der Waals surface area contributed by atoms with Gasteiger partial charge in [-0.05, 0) is 112 Å². The zero-order valence-electron chi connectivity index (χ0n) is 26.8. The van der Waals surface area contributed by atoms with Crippen LogP contribution in [0.25, 0.3) is 11.1 Å². The first-order chi connectivity index (χ1) is 21.8. The van der Waals surface area contributed by atoms with Crippen molar-refractivity contribution in [2.45, 2.75) is 83.5 Å². The first-order valence-corrected chi connectivity index (χ1v) is 15.3. The molecule has 0 unspecified atom stereocenters. The highest BCUT2D eigenvalue weighted by Crippen LogP contribution is 2.43. The van der Waals surface area contributed by atoms with Gasteiger partial charge in [-0.1, -0.05) is 6.07 Å². The molecule has 1 fully saturated rings. The Kier molecular flexibility index (Phi) is 10.4. The fourth-order valence-corrected chi connectivity index (χ4v) is 6.19. The van der Waals surface area contributed by atoms with E-state index in [1.165, 1.54) is 44.1 Å². The Morgan fingerprint density at radius 3 is 1.98 bits per heavy atom. The number of likely N-dealkylation sites (N-methyl/N-ethyl adjacent to an activating group) is 1. The smallest absolute Gasteiger partial charge is 0.416 e. The highest BCUT2D eigenvalue weighted by atomic mass is 19.4. The van der Waals surface area contributed by atoms with Gasteiger partial charge < -0.3 is 9.64 Å². The third-order valence-corrected chi connectivity index (χ3v) is 8.92. The Morgan fingerprint density at radius 1 is 0.872 bits per heavy atom. The standard InChI is InChI=1S/C35H37F7N2O3/c1-6-47-31(45)14-21-7-9-22(10-8-21)29-18-28(27-12-11-26(36)13-20(27)2)30(19-43-29)44(5)32(46)33(3,4)23-15-24(34(37,38)39)17-25(16-23)35(40,41)42/h11-13,15-19,21-22H,6-10,14H2,1-5H3. The summed E-state index contributed by atoms with van der Waals surface area (Å²) in [5.74, 6) is -1.27. The number of aryl methyl sites for hydroxylation is 1. The van der Waals surface area contributed by atoms with E-state index < -0.39 is 46.2 Å². The fraction of sp³-hybridized carbons (Fsp3) is 0.457. The Morgan fingerprint density at radius 2 is 1.45 bits per heavy atom. The number of esters is 1. The van der Waals surface area contributed by atoms with Gasteiger partial charge in [0.25, 0.3) is 0 Å². The molecule has 254 valence electrons. The first-order valence-electron chi connectivity index (χ1n) is 15.3. The zero-order chi connectivity index (χ0) is 34.9. The van der Waals surface area contributed by atoms with Crippen molar-refractivity contribution in [2.75, 3.05) is 18.6 Å². The van der Waals surface area contributed by atoms with Crippen LogP contribution in [0.5, 0.6) is 0 Å². The number of ether oxygens (including phenoxy) is 1. The lowest BCUT2D eigenvalue weighted by Crippen LogP contribution is -2.42. The minimum absolute atomic E-state index is 0.0240. The third-order valence-electron chi connectivity index (χ3n) is 8.92. The molecule has 0 spiro atoms. The predicted molar refractivity (Wildman–Crippen MR) is 163 cm³/mol. The first kappa shape index (κ1) is 35.9. The monoisotopic (exact) mass is 666 g/mol. The number of benzene rings is 2. The topological polar surface area (TPSA) is 59.5 Å². The van der Waals surface area contributed by atoms with E-state index in [0.717, 1.165) is 31.4 Å². The van der Waals surface area contributed by atoms with Crippen LogP contribution in [0.2, 0.25) is 0 Å². The molecular weight excluding hydrogens is 629 g/mol. The summed E-state index contributed by atoms with van der Waals surface area (Å²) in [4.78, 5) is 31.8. The molecule has 0 bridgehead atoms. The van der Waals surface area contributed by atoms with Gasteiger partial charge in [-0.15, -0.1) is 0 Å². The summed E-state index contributed by atoms with van der Waals surface area (Å²) in [6, 6.07) is 7.09. The van der Waals surface area contributed by atoms with Gasteiger partial charge in [-0.25, -0.2) is 4.39 Å². The van der Waals surface area contributed by atoms with Gasteiger partial charge in [0.15, 0.2) is 0 Å². The summed E-state index contributed by atoms with van der Waals surface area (Å²) in [5.41, 5.74) is -2.72. The summed E-state index contributed by atoms with van der Waals surface area (Å²) >= 11 is 0. The predicted octanol–water partition coefficient (Wildman–Crippen LogP) is 9.40. The zero-order valence-corrected chi connectivity index (χ0v) is 26.8. The van der Waals surface area contributed by atoms with Gasteiger partial charge in [0.2, 0.25) is 5.91 Å². The van der Waals surface area contributed by atoms with Crippen LogP contribution in [-0.2, 0) is 32.1 Å². The van der Waals surface area contributed by atoms with Crippen molar-refractivity contribution < 1.29 is 45.1 Å². The Bertz CT molecular complexity index is 1590. The van der Waals surface area contributed by atoms with Crippen LogP contribution < -0.4 is 4.90 Å². The van der Waals surface area contributed by atoms with Crippen LogP contribution in [0.1, 0.15) is 86.7 Å². The number of alkyl halides is 6. The van der Waals surface area contributed by atoms with Crippen LogP contribution in [0.15, 0.2) is 48.7 Å². The Hall–Kier alpha value is -3.96. The van der Waals surface area contributed by atoms with Gasteiger partial charge in [0.1, 0.15) is 5.82 Å². The van der Waals surface area contributed by atoms with Gasteiger partial charge >= 0.3 is 18.3 Å². The molecule has 1 amide bonds. The molecule has 1 aliphatic rings. The molecule has 47 heavy (non-hydrogen) atoms. The summed E-state index contributed by atoms with van der Waals surface area (Å²) in [7, 11) is 1.38. The maximum absolute atomic E-state index is 14.1. The molecule has 1 heterocycles. The normalized spacial score (nSPS) is 17.4. The molecule has 5 nitrogen and oxygen atoms in total. The minimum Gasteiger partial charge on any atom is -0.466 e. The highest BCUT2D eigenvalue weighted by molar-refractivity contribution is 6.03. The summed E-state index contributed by atoms with van der Waals surface area (Å²) in [6.07, 6.45) is -5.31. The largest absolute Gasteiger partial charge is 0.466 e. The molecule has 3 aromatic rings.